The van der Waals surface area contributed by atoms with E-state index in [4.69, 9.17) is 33.0 Å². The van der Waals surface area contributed by atoms with E-state index in [0.717, 1.165) is 0 Å². The van der Waals surface area contributed by atoms with Gasteiger partial charge < -0.3 is 25.4 Å². The van der Waals surface area contributed by atoms with Gasteiger partial charge in [0.1, 0.15) is 18.3 Å². The number of aromatic nitrogens is 3. The van der Waals surface area contributed by atoms with Crippen molar-refractivity contribution in [1.82, 2.24) is 15.0 Å². The molecule has 0 aliphatic carbocycles. The second-order valence-corrected chi connectivity index (χ2v) is 4.66. The summed E-state index contributed by atoms with van der Waals surface area (Å²) in [6.07, 6.45) is -3.19. The van der Waals surface area contributed by atoms with E-state index in [1.54, 1.807) is 0 Å². The second-order valence-electron chi connectivity index (χ2n) is 3.98. The molecule has 1 aliphatic heterocycles. The standard InChI is InChI=1S/C9H12Cl2N4O4/c10-7-13-8(11)15-9(14-7)12-3-2-19-4(1-16)6(18)5(3)17/h3-6,16-18H,1-2H2,(H,12,13,14,15)/t3-,4-,5-,6+/m1/s1. The molecule has 106 valence electrons. The Morgan fingerprint density at radius 3 is 2.37 bits per heavy atom. The molecule has 0 bridgehead atoms. The summed E-state index contributed by atoms with van der Waals surface area (Å²) >= 11 is 11.2. The lowest BCUT2D eigenvalue weighted by Gasteiger charge is -2.37. The van der Waals surface area contributed by atoms with E-state index in [1.165, 1.54) is 0 Å². The van der Waals surface area contributed by atoms with Crippen molar-refractivity contribution in [2.24, 2.45) is 0 Å². The number of hydrogen-bond acceptors (Lipinski definition) is 8. The minimum Gasteiger partial charge on any atom is -0.394 e. The Bertz CT molecular complexity index is 432. The fourth-order valence-corrected chi connectivity index (χ4v) is 2.09. The molecular weight excluding hydrogens is 299 g/mol. The van der Waals surface area contributed by atoms with Crippen molar-refractivity contribution in [3.63, 3.8) is 0 Å². The zero-order valence-electron chi connectivity index (χ0n) is 9.57. The summed E-state index contributed by atoms with van der Waals surface area (Å²) < 4.78 is 5.20. The van der Waals surface area contributed by atoms with Gasteiger partial charge in [-0.15, -0.1) is 0 Å². The molecule has 1 saturated heterocycles. The average molecular weight is 311 g/mol. The van der Waals surface area contributed by atoms with E-state index in [9.17, 15) is 10.2 Å². The first kappa shape index (κ1) is 14.6. The van der Waals surface area contributed by atoms with Crippen molar-refractivity contribution in [3.8, 4) is 0 Å². The van der Waals surface area contributed by atoms with Crippen LogP contribution in [0.3, 0.4) is 0 Å². The molecule has 0 amide bonds. The molecule has 4 atom stereocenters. The van der Waals surface area contributed by atoms with Crippen LogP contribution in [0.4, 0.5) is 5.95 Å². The fraction of sp³-hybridized carbons (Fsp3) is 0.667. The molecule has 1 aliphatic rings. The van der Waals surface area contributed by atoms with E-state index < -0.39 is 24.4 Å². The van der Waals surface area contributed by atoms with Crippen LogP contribution in [0.1, 0.15) is 0 Å². The van der Waals surface area contributed by atoms with Gasteiger partial charge in [0.15, 0.2) is 0 Å². The molecule has 1 aromatic heterocycles. The number of hydrogen-bond donors (Lipinski definition) is 4. The monoisotopic (exact) mass is 310 g/mol. The molecule has 4 N–H and O–H groups in total. The normalized spacial score (nSPS) is 31.2. The van der Waals surface area contributed by atoms with Crippen LogP contribution < -0.4 is 5.32 Å². The molecule has 0 saturated carbocycles. The van der Waals surface area contributed by atoms with Crippen LogP contribution in [0.5, 0.6) is 0 Å². The van der Waals surface area contributed by atoms with Crippen LogP contribution in [0.15, 0.2) is 0 Å². The predicted octanol–water partition coefficient (Wildman–Crippen LogP) is -0.928. The summed E-state index contributed by atoms with van der Waals surface area (Å²) in [6, 6.07) is -0.660. The number of rotatable bonds is 3. The minimum atomic E-state index is -1.22. The highest BCUT2D eigenvalue weighted by Gasteiger charge is 2.38. The van der Waals surface area contributed by atoms with Gasteiger partial charge in [0.25, 0.3) is 0 Å². The Hall–Kier alpha value is -0.770. The molecule has 2 heterocycles. The molecular formula is C9H12Cl2N4O4. The van der Waals surface area contributed by atoms with Gasteiger partial charge in [-0.2, -0.15) is 15.0 Å². The highest BCUT2D eigenvalue weighted by molar-refractivity contribution is 6.31. The third kappa shape index (κ3) is 3.41. The number of halogens is 2. The van der Waals surface area contributed by atoms with Gasteiger partial charge in [-0.25, -0.2) is 0 Å². The van der Waals surface area contributed by atoms with E-state index in [0.29, 0.717) is 0 Å². The Kier molecular flexibility index (Phi) is 4.71. The Morgan fingerprint density at radius 2 is 1.79 bits per heavy atom. The summed E-state index contributed by atoms with van der Waals surface area (Å²) in [7, 11) is 0. The summed E-state index contributed by atoms with van der Waals surface area (Å²) in [5.41, 5.74) is 0. The Labute approximate surface area is 118 Å². The topological polar surface area (TPSA) is 121 Å². The third-order valence-electron chi connectivity index (χ3n) is 2.71. The van der Waals surface area contributed by atoms with Crippen LogP contribution >= 0.6 is 23.2 Å². The summed E-state index contributed by atoms with van der Waals surface area (Å²) in [5, 5.41) is 31.1. The van der Waals surface area contributed by atoms with Crippen LogP contribution in [0.2, 0.25) is 10.6 Å². The summed E-state index contributed by atoms with van der Waals surface area (Å²) in [5.74, 6) is 0.0623. The van der Waals surface area contributed by atoms with Crippen molar-refractivity contribution < 1.29 is 20.1 Å². The van der Waals surface area contributed by atoms with Crippen molar-refractivity contribution in [2.45, 2.75) is 24.4 Å². The van der Waals surface area contributed by atoms with Crippen molar-refractivity contribution in [3.05, 3.63) is 10.6 Å². The molecule has 1 aromatic rings. The van der Waals surface area contributed by atoms with Gasteiger partial charge in [-0.1, -0.05) is 0 Å². The molecule has 2 rings (SSSR count). The van der Waals surface area contributed by atoms with Crippen molar-refractivity contribution in [1.29, 1.82) is 0 Å². The van der Waals surface area contributed by atoms with Crippen LogP contribution in [0.25, 0.3) is 0 Å². The molecule has 0 aromatic carbocycles. The third-order valence-corrected chi connectivity index (χ3v) is 3.05. The fourth-order valence-electron chi connectivity index (χ4n) is 1.73. The summed E-state index contributed by atoms with van der Waals surface area (Å²) in [6.45, 7) is -0.321. The quantitative estimate of drug-likeness (QED) is 0.565. The number of nitrogens with zero attached hydrogens (tertiary/aromatic N) is 3. The highest BCUT2D eigenvalue weighted by Crippen LogP contribution is 2.19. The van der Waals surface area contributed by atoms with Crippen LogP contribution in [0, 0.1) is 0 Å². The van der Waals surface area contributed by atoms with Gasteiger partial charge in [0.05, 0.1) is 19.3 Å². The Morgan fingerprint density at radius 1 is 1.16 bits per heavy atom. The Balaban J connectivity index is 2.07. The van der Waals surface area contributed by atoms with E-state index in [-0.39, 0.29) is 29.7 Å². The van der Waals surface area contributed by atoms with Crippen LogP contribution in [-0.2, 0) is 4.74 Å². The maximum absolute atomic E-state index is 9.90. The first-order valence-corrected chi connectivity index (χ1v) is 6.19. The van der Waals surface area contributed by atoms with E-state index >= 15 is 0 Å². The first-order chi connectivity index (χ1) is 9.01. The number of ether oxygens (including phenoxy) is 1. The molecule has 8 nitrogen and oxygen atoms in total. The molecule has 0 spiro atoms. The largest absolute Gasteiger partial charge is 0.394 e. The number of aliphatic hydroxyl groups is 3. The van der Waals surface area contributed by atoms with E-state index in [2.05, 4.69) is 20.3 Å². The van der Waals surface area contributed by atoms with Gasteiger partial charge in [-0.3, -0.25) is 0 Å². The van der Waals surface area contributed by atoms with Crippen LogP contribution in [-0.4, -0.2) is 67.8 Å². The SMILES string of the molecule is OC[C@H]1OC[C@@H](Nc2nc(Cl)nc(Cl)n2)[C@@H](O)[C@H]1O. The maximum Gasteiger partial charge on any atom is 0.228 e. The zero-order valence-corrected chi connectivity index (χ0v) is 11.1. The number of anilines is 1. The number of nitrogens with one attached hydrogen (secondary N) is 1. The lowest BCUT2D eigenvalue weighted by atomic mass is 9.98. The van der Waals surface area contributed by atoms with Crippen molar-refractivity contribution in [2.75, 3.05) is 18.5 Å². The zero-order chi connectivity index (χ0) is 14.0. The summed E-state index contributed by atoms with van der Waals surface area (Å²) in [4.78, 5) is 11.1. The van der Waals surface area contributed by atoms with E-state index in [1.807, 2.05) is 0 Å². The predicted molar refractivity (Wildman–Crippen MR) is 66.1 cm³/mol. The number of aliphatic hydroxyl groups excluding tert-OH is 3. The first-order valence-electron chi connectivity index (χ1n) is 5.43. The average Bonchev–Trinajstić information content (AvgIpc) is 2.34. The van der Waals surface area contributed by atoms with Gasteiger partial charge in [-0.05, 0) is 23.2 Å². The lowest BCUT2D eigenvalue weighted by molar-refractivity contribution is -0.152. The lowest BCUT2D eigenvalue weighted by Crippen LogP contribution is -2.56. The van der Waals surface area contributed by atoms with Gasteiger partial charge in [0, 0.05) is 0 Å². The molecule has 19 heavy (non-hydrogen) atoms. The second kappa shape index (κ2) is 6.12. The highest BCUT2D eigenvalue weighted by atomic mass is 35.5. The molecule has 1 fully saturated rings. The van der Waals surface area contributed by atoms with Gasteiger partial charge >= 0.3 is 0 Å². The van der Waals surface area contributed by atoms with Crippen molar-refractivity contribution >= 4 is 29.2 Å². The smallest absolute Gasteiger partial charge is 0.228 e. The van der Waals surface area contributed by atoms with Gasteiger partial charge in [0.2, 0.25) is 16.5 Å². The molecule has 0 unspecified atom stereocenters. The minimum absolute atomic E-state index is 0.0599. The molecule has 0 radical (unpaired) electrons. The maximum atomic E-state index is 9.90. The molecule has 10 heteroatoms.